The summed E-state index contributed by atoms with van der Waals surface area (Å²) in [4.78, 5) is 29.2. The maximum Gasteiger partial charge on any atom is 0.339 e. The fourth-order valence-electron chi connectivity index (χ4n) is 0.767. The van der Waals surface area contributed by atoms with Crippen LogP contribution in [0.15, 0.2) is 4.52 Å². The van der Waals surface area contributed by atoms with Gasteiger partial charge in [-0.2, -0.15) is 4.98 Å². The molecular formula is C7H10N4O5. The number of rotatable bonds is 5. The molecule has 0 unspecified atom stereocenters. The van der Waals surface area contributed by atoms with E-state index in [0.717, 1.165) is 0 Å². The van der Waals surface area contributed by atoms with E-state index < -0.39 is 18.6 Å². The fraction of sp³-hybridized carbons (Fsp3) is 0.429. The van der Waals surface area contributed by atoms with Crippen molar-refractivity contribution in [2.45, 2.75) is 13.5 Å². The Morgan fingerprint density at radius 1 is 1.56 bits per heavy atom. The maximum absolute atomic E-state index is 11.0. The number of nitrogens with zero attached hydrogens (tertiary/aromatic N) is 2. The molecule has 1 aromatic rings. The average Bonchev–Trinajstić information content (AvgIpc) is 2.61. The van der Waals surface area contributed by atoms with Crippen LogP contribution in [0.4, 0.5) is 4.79 Å². The molecule has 0 aliphatic rings. The summed E-state index contributed by atoms with van der Waals surface area (Å²) in [6.07, 6.45) is 0. The molecule has 0 radical (unpaired) electrons. The normalized spacial score (nSPS) is 9.81. The molecule has 3 N–H and O–H groups in total. The van der Waals surface area contributed by atoms with Crippen molar-refractivity contribution in [3.63, 3.8) is 0 Å². The van der Waals surface area contributed by atoms with Crippen LogP contribution in [-0.2, 0) is 16.2 Å². The number of hydrogen-bond acceptors (Lipinski definition) is 6. The lowest BCUT2D eigenvalue weighted by Crippen LogP contribution is -2.36. The number of aromatic nitrogens is 2. The average molecular weight is 230 g/mol. The van der Waals surface area contributed by atoms with Crippen LogP contribution in [0.2, 0.25) is 0 Å². The van der Waals surface area contributed by atoms with Gasteiger partial charge in [0.2, 0.25) is 5.89 Å². The lowest BCUT2D eigenvalue weighted by atomic mass is 10.6. The largest absolute Gasteiger partial charge is 0.479 e. The minimum atomic E-state index is -1.19. The number of hydroxylamine groups is 1. The van der Waals surface area contributed by atoms with E-state index in [1.807, 2.05) is 5.48 Å². The van der Waals surface area contributed by atoms with Crippen LogP contribution in [0.3, 0.4) is 0 Å². The van der Waals surface area contributed by atoms with Gasteiger partial charge in [0.15, 0.2) is 12.4 Å². The molecule has 1 aromatic heterocycles. The summed E-state index contributed by atoms with van der Waals surface area (Å²) >= 11 is 0. The predicted octanol–water partition coefficient (Wildman–Crippen LogP) is -0.807. The number of carboxylic acid groups (broad SMARTS) is 1. The van der Waals surface area contributed by atoms with E-state index in [2.05, 4.69) is 20.3 Å². The number of carbonyl (C=O) groups is 2. The quantitative estimate of drug-likeness (QED) is 0.564. The van der Waals surface area contributed by atoms with Crippen molar-refractivity contribution in [1.29, 1.82) is 0 Å². The number of nitrogens with one attached hydrogen (secondary N) is 2. The summed E-state index contributed by atoms with van der Waals surface area (Å²) in [6.45, 7) is 1.05. The van der Waals surface area contributed by atoms with Crippen LogP contribution >= 0.6 is 0 Å². The third-order valence-corrected chi connectivity index (χ3v) is 1.33. The van der Waals surface area contributed by atoms with Crippen molar-refractivity contribution in [1.82, 2.24) is 20.9 Å². The smallest absolute Gasteiger partial charge is 0.339 e. The van der Waals surface area contributed by atoms with Crippen LogP contribution < -0.4 is 10.8 Å². The molecule has 0 aliphatic heterocycles. The highest BCUT2D eigenvalue weighted by Gasteiger charge is 2.06. The van der Waals surface area contributed by atoms with Gasteiger partial charge in [0, 0.05) is 0 Å². The Balaban J connectivity index is 2.17. The second-order valence-corrected chi connectivity index (χ2v) is 2.70. The first-order valence-electron chi connectivity index (χ1n) is 4.24. The van der Waals surface area contributed by atoms with E-state index in [1.54, 1.807) is 6.92 Å². The highest BCUT2D eigenvalue weighted by molar-refractivity contribution is 5.73. The summed E-state index contributed by atoms with van der Waals surface area (Å²) in [5.41, 5.74) is 1.87. The Bertz CT molecular complexity index is 377. The topological polar surface area (TPSA) is 127 Å². The zero-order valence-corrected chi connectivity index (χ0v) is 8.39. The van der Waals surface area contributed by atoms with Gasteiger partial charge in [0.1, 0.15) is 0 Å². The van der Waals surface area contributed by atoms with E-state index >= 15 is 0 Å². The van der Waals surface area contributed by atoms with Crippen molar-refractivity contribution < 1.29 is 24.1 Å². The van der Waals surface area contributed by atoms with Crippen LogP contribution in [0.25, 0.3) is 0 Å². The van der Waals surface area contributed by atoms with Crippen molar-refractivity contribution >= 4 is 12.0 Å². The van der Waals surface area contributed by atoms with Crippen molar-refractivity contribution in [3.05, 3.63) is 11.7 Å². The Hall–Kier alpha value is -2.16. The molecule has 0 aliphatic carbocycles. The van der Waals surface area contributed by atoms with Gasteiger partial charge in [-0.1, -0.05) is 5.16 Å². The number of aliphatic carboxylic acids is 1. The molecule has 2 amide bonds. The molecule has 1 heterocycles. The van der Waals surface area contributed by atoms with E-state index in [9.17, 15) is 9.59 Å². The number of urea groups is 1. The summed E-state index contributed by atoms with van der Waals surface area (Å²) in [6, 6.07) is -0.697. The number of amides is 2. The number of aryl methyl sites for hydroxylation is 1. The van der Waals surface area contributed by atoms with Gasteiger partial charge >= 0.3 is 12.0 Å². The molecule has 0 aromatic carbocycles. The molecule has 9 heteroatoms. The van der Waals surface area contributed by atoms with Gasteiger partial charge in [0.05, 0.1) is 6.54 Å². The van der Waals surface area contributed by atoms with Crippen molar-refractivity contribution in [2.24, 2.45) is 0 Å². The lowest BCUT2D eigenvalue weighted by Gasteiger charge is -2.03. The summed E-state index contributed by atoms with van der Waals surface area (Å²) in [7, 11) is 0. The summed E-state index contributed by atoms with van der Waals surface area (Å²) < 4.78 is 4.72. The van der Waals surface area contributed by atoms with Gasteiger partial charge in [-0.15, -0.1) is 0 Å². The van der Waals surface area contributed by atoms with Crippen LogP contribution in [0.1, 0.15) is 11.7 Å². The van der Waals surface area contributed by atoms with Gasteiger partial charge in [-0.25, -0.2) is 15.1 Å². The molecule has 0 fully saturated rings. The second kappa shape index (κ2) is 5.66. The highest BCUT2D eigenvalue weighted by Crippen LogP contribution is 1.93. The van der Waals surface area contributed by atoms with Crippen LogP contribution in [0, 0.1) is 6.92 Å². The van der Waals surface area contributed by atoms with E-state index in [4.69, 9.17) is 9.63 Å². The van der Waals surface area contributed by atoms with Crippen molar-refractivity contribution in [2.75, 3.05) is 6.61 Å². The minimum absolute atomic E-state index is 0.0309. The minimum Gasteiger partial charge on any atom is -0.479 e. The standard InChI is InChI=1S/C7H10N4O5/c1-4-9-5(16-10-4)2-8-7(14)11-15-3-6(12)13/h2-3H2,1H3,(H,12,13)(H2,8,11,14). The molecule has 1 rings (SSSR count). The Kier molecular flexibility index (Phi) is 4.21. The first-order valence-corrected chi connectivity index (χ1v) is 4.24. The molecule has 0 saturated heterocycles. The SMILES string of the molecule is Cc1noc(CNC(=O)NOCC(=O)O)n1. The molecule has 0 atom stereocenters. The molecule has 0 spiro atoms. The van der Waals surface area contributed by atoms with Crippen LogP contribution in [-0.4, -0.2) is 33.9 Å². The van der Waals surface area contributed by atoms with Gasteiger partial charge in [-0.05, 0) is 6.92 Å². The fourth-order valence-corrected chi connectivity index (χ4v) is 0.767. The van der Waals surface area contributed by atoms with E-state index in [0.29, 0.717) is 5.82 Å². The molecule has 16 heavy (non-hydrogen) atoms. The number of hydrogen-bond donors (Lipinski definition) is 3. The van der Waals surface area contributed by atoms with Crippen LogP contribution in [0.5, 0.6) is 0 Å². The monoisotopic (exact) mass is 230 g/mol. The molecule has 0 saturated carbocycles. The van der Waals surface area contributed by atoms with E-state index in [1.165, 1.54) is 0 Å². The van der Waals surface area contributed by atoms with E-state index in [-0.39, 0.29) is 12.4 Å². The Morgan fingerprint density at radius 2 is 2.31 bits per heavy atom. The predicted molar refractivity (Wildman–Crippen MR) is 48.0 cm³/mol. The number of carbonyl (C=O) groups excluding carboxylic acids is 1. The van der Waals surface area contributed by atoms with Gasteiger partial charge < -0.3 is 14.9 Å². The third kappa shape index (κ3) is 4.37. The zero-order chi connectivity index (χ0) is 12.0. The zero-order valence-electron chi connectivity index (χ0n) is 8.39. The highest BCUT2D eigenvalue weighted by atomic mass is 16.7. The maximum atomic E-state index is 11.0. The molecule has 88 valence electrons. The molecule has 9 nitrogen and oxygen atoms in total. The Labute approximate surface area is 89.7 Å². The van der Waals surface area contributed by atoms with Gasteiger partial charge in [0.25, 0.3) is 0 Å². The summed E-state index contributed by atoms with van der Waals surface area (Å²) in [5, 5.41) is 14.0. The third-order valence-electron chi connectivity index (χ3n) is 1.33. The first-order chi connectivity index (χ1) is 7.58. The molecular weight excluding hydrogens is 220 g/mol. The number of carboxylic acids is 1. The van der Waals surface area contributed by atoms with Crippen molar-refractivity contribution in [3.8, 4) is 0 Å². The van der Waals surface area contributed by atoms with Gasteiger partial charge in [-0.3, -0.25) is 4.84 Å². The lowest BCUT2D eigenvalue weighted by molar-refractivity contribution is -0.144. The summed E-state index contributed by atoms with van der Waals surface area (Å²) in [5.74, 6) is -0.488. The second-order valence-electron chi connectivity index (χ2n) is 2.70. The Morgan fingerprint density at radius 3 is 2.88 bits per heavy atom. The first kappa shape index (κ1) is 11.9. The molecule has 0 bridgehead atoms.